The van der Waals surface area contributed by atoms with Crippen molar-refractivity contribution in [2.24, 2.45) is 5.73 Å². The smallest absolute Gasteiger partial charge is 0.335 e. The normalized spacial score (nSPS) is 11.9. The molecule has 4 N–H and O–H groups in total. The lowest BCUT2D eigenvalue weighted by Crippen LogP contribution is -2.35. The van der Waals surface area contributed by atoms with Gasteiger partial charge in [-0.2, -0.15) is 0 Å². The largest absolute Gasteiger partial charge is 0.478 e. The summed E-state index contributed by atoms with van der Waals surface area (Å²) in [6.07, 6.45) is 2.50. The zero-order valence-electron chi connectivity index (χ0n) is 10.3. The van der Waals surface area contributed by atoms with Gasteiger partial charge in [-0.3, -0.25) is 4.79 Å². The number of benzene rings is 1. The van der Waals surface area contributed by atoms with Crippen LogP contribution in [0.25, 0.3) is 0 Å². The number of hydrogen-bond donors (Lipinski definition) is 3. The van der Waals surface area contributed by atoms with E-state index in [1.165, 1.54) is 12.1 Å². The molecule has 98 valence electrons. The molecule has 1 aromatic carbocycles. The number of carboxylic acid groups (broad SMARTS) is 1. The zero-order chi connectivity index (χ0) is 13.5. The number of rotatable bonds is 6. The van der Waals surface area contributed by atoms with Crippen LogP contribution in [-0.2, 0) is 4.79 Å². The number of aromatic carboxylic acids is 1. The minimum absolute atomic E-state index is 0.134. The molecule has 0 heterocycles. The molecule has 0 bridgehead atoms. The van der Waals surface area contributed by atoms with E-state index in [-0.39, 0.29) is 11.5 Å². The van der Waals surface area contributed by atoms with E-state index in [1.807, 2.05) is 6.92 Å². The van der Waals surface area contributed by atoms with E-state index in [1.54, 1.807) is 12.1 Å². The van der Waals surface area contributed by atoms with Crippen molar-refractivity contribution < 1.29 is 14.7 Å². The Morgan fingerprint density at radius 3 is 2.78 bits per heavy atom. The first-order valence-electron chi connectivity index (χ1n) is 5.94. The molecule has 0 aliphatic rings. The van der Waals surface area contributed by atoms with Gasteiger partial charge in [0.05, 0.1) is 11.6 Å². The van der Waals surface area contributed by atoms with Crippen molar-refractivity contribution in [3.05, 3.63) is 29.8 Å². The number of carboxylic acids is 1. The van der Waals surface area contributed by atoms with Crippen molar-refractivity contribution in [2.75, 3.05) is 5.32 Å². The second-order valence-corrected chi connectivity index (χ2v) is 4.12. The average Bonchev–Trinajstić information content (AvgIpc) is 2.36. The Bertz CT molecular complexity index is 432. The van der Waals surface area contributed by atoms with Gasteiger partial charge < -0.3 is 16.2 Å². The number of unbranched alkanes of at least 4 members (excludes halogenated alkanes) is 1. The Morgan fingerprint density at radius 1 is 1.44 bits per heavy atom. The molecule has 5 heteroatoms. The number of carbonyl (C=O) groups excluding carboxylic acids is 1. The van der Waals surface area contributed by atoms with Crippen LogP contribution in [-0.4, -0.2) is 23.0 Å². The molecule has 0 spiro atoms. The molecule has 5 nitrogen and oxygen atoms in total. The molecular formula is C13H18N2O3. The van der Waals surface area contributed by atoms with E-state index in [0.29, 0.717) is 12.1 Å². The zero-order valence-corrected chi connectivity index (χ0v) is 10.3. The molecule has 1 rings (SSSR count). The number of hydrogen-bond acceptors (Lipinski definition) is 3. The van der Waals surface area contributed by atoms with Crippen LogP contribution in [0, 0.1) is 0 Å². The third-order valence-corrected chi connectivity index (χ3v) is 2.58. The molecule has 0 aromatic heterocycles. The van der Waals surface area contributed by atoms with Gasteiger partial charge in [0, 0.05) is 5.69 Å². The van der Waals surface area contributed by atoms with Crippen LogP contribution in [0.1, 0.15) is 36.5 Å². The molecule has 1 aromatic rings. The van der Waals surface area contributed by atoms with Crippen LogP contribution < -0.4 is 11.1 Å². The molecule has 18 heavy (non-hydrogen) atoms. The first-order valence-corrected chi connectivity index (χ1v) is 5.94. The Balaban J connectivity index is 2.64. The van der Waals surface area contributed by atoms with E-state index in [9.17, 15) is 9.59 Å². The maximum Gasteiger partial charge on any atom is 0.335 e. The highest BCUT2D eigenvalue weighted by Gasteiger charge is 2.13. The average molecular weight is 250 g/mol. The fourth-order valence-corrected chi connectivity index (χ4v) is 1.52. The van der Waals surface area contributed by atoms with Crippen LogP contribution in [0.2, 0.25) is 0 Å². The monoisotopic (exact) mass is 250 g/mol. The predicted molar refractivity (Wildman–Crippen MR) is 69.5 cm³/mol. The SMILES string of the molecule is CCCC[C@H](N)C(=O)Nc1cccc(C(=O)O)c1. The quantitative estimate of drug-likeness (QED) is 0.718. The van der Waals surface area contributed by atoms with Crippen molar-refractivity contribution in [3.8, 4) is 0 Å². The molecule has 0 radical (unpaired) electrons. The summed E-state index contributed by atoms with van der Waals surface area (Å²) in [6, 6.07) is 5.54. The van der Waals surface area contributed by atoms with Crippen LogP contribution in [0.15, 0.2) is 24.3 Å². The highest BCUT2D eigenvalue weighted by Crippen LogP contribution is 2.11. The Labute approximate surface area is 106 Å². The van der Waals surface area contributed by atoms with Crippen molar-refractivity contribution >= 4 is 17.6 Å². The third-order valence-electron chi connectivity index (χ3n) is 2.58. The van der Waals surface area contributed by atoms with Crippen LogP contribution in [0.5, 0.6) is 0 Å². The van der Waals surface area contributed by atoms with Crippen molar-refractivity contribution in [3.63, 3.8) is 0 Å². The Hall–Kier alpha value is -1.88. The fourth-order valence-electron chi connectivity index (χ4n) is 1.52. The molecule has 1 amide bonds. The van der Waals surface area contributed by atoms with Crippen LogP contribution in [0.4, 0.5) is 5.69 Å². The molecule has 0 aliphatic heterocycles. The third kappa shape index (κ3) is 4.18. The summed E-state index contributed by atoms with van der Waals surface area (Å²) in [5.74, 6) is -1.31. The second-order valence-electron chi connectivity index (χ2n) is 4.12. The van der Waals surface area contributed by atoms with E-state index in [4.69, 9.17) is 10.8 Å². The van der Waals surface area contributed by atoms with Crippen LogP contribution >= 0.6 is 0 Å². The molecule has 0 aliphatic carbocycles. The van der Waals surface area contributed by atoms with Crippen molar-refractivity contribution in [1.29, 1.82) is 0 Å². The lowest BCUT2D eigenvalue weighted by molar-refractivity contribution is -0.117. The van der Waals surface area contributed by atoms with Crippen LogP contribution in [0.3, 0.4) is 0 Å². The summed E-state index contributed by atoms with van der Waals surface area (Å²) in [6.45, 7) is 2.03. The van der Waals surface area contributed by atoms with E-state index < -0.39 is 12.0 Å². The first-order chi connectivity index (χ1) is 8.54. The van der Waals surface area contributed by atoms with Gasteiger partial charge in [0.15, 0.2) is 0 Å². The van der Waals surface area contributed by atoms with Gasteiger partial charge in [-0.25, -0.2) is 4.79 Å². The summed E-state index contributed by atoms with van der Waals surface area (Å²) in [5, 5.41) is 11.4. The summed E-state index contributed by atoms with van der Waals surface area (Å²) in [7, 11) is 0. The molecule has 0 unspecified atom stereocenters. The summed E-state index contributed by atoms with van der Waals surface area (Å²) < 4.78 is 0. The van der Waals surface area contributed by atoms with E-state index in [2.05, 4.69) is 5.32 Å². The topological polar surface area (TPSA) is 92.4 Å². The van der Waals surface area contributed by atoms with Gasteiger partial charge in [0.1, 0.15) is 0 Å². The molecule has 0 saturated heterocycles. The van der Waals surface area contributed by atoms with Gasteiger partial charge in [-0.15, -0.1) is 0 Å². The fraction of sp³-hybridized carbons (Fsp3) is 0.385. The second kappa shape index (κ2) is 6.76. The van der Waals surface area contributed by atoms with Gasteiger partial charge in [0.25, 0.3) is 0 Å². The minimum Gasteiger partial charge on any atom is -0.478 e. The minimum atomic E-state index is -1.03. The number of amides is 1. The van der Waals surface area contributed by atoms with Gasteiger partial charge in [-0.1, -0.05) is 25.8 Å². The van der Waals surface area contributed by atoms with E-state index in [0.717, 1.165) is 12.8 Å². The number of carbonyl (C=O) groups is 2. The predicted octanol–water partition coefficient (Wildman–Crippen LogP) is 1.84. The summed E-state index contributed by atoms with van der Waals surface area (Å²) in [4.78, 5) is 22.5. The van der Waals surface area contributed by atoms with Gasteiger partial charge in [-0.05, 0) is 24.6 Å². The first kappa shape index (κ1) is 14.2. The maximum atomic E-state index is 11.7. The molecule has 0 saturated carbocycles. The van der Waals surface area contributed by atoms with E-state index >= 15 is 0 Å². The maximum absolute atomic E-state index is 11.7. The lowest BCUT2D eigenvalue weighted by atomic mass is 10.1. The molecule has 1 atom stereocenters. The standard InChI is InChI=1S/C13H18N2O3/c1-2-3-7-11(14)12(16)15-10-6-4-5-9(8-10)13(17)18/h4-6,8,11H,2-3,7,14H2,1H3,(H,15,16)(H,17,18)/t11-/m0/s1. The summed E-state index contributed by atoms with van der Waals surface area (Å²) in [5.41, 5.74) is 6.31. The highest BCUT2D eigenvalue weighted by molar-refractivity contribution is 5.96. The van der Waals surface area contributed by atoms with Gasteiger partial charge in [0.2, 0.25) is 5.91 Å². The molecule has 0 fully saturated rings. The Morgan fingerprint density at radius 2 is 2.17 bits per heavy atom. The lowest BCUT2D eigenvalue weighted by Gasteiger charge is -2.11. The number of nitrogens with two attached hydrogens (primary N) is 1. The molecular weight excluding hydrogens is 232 g/mol. The highest BCUT2D eigenvalue weighted by atomic mass is 16.4. The summed E-state index contributed by atoms with van der Waals surface area (Å²) >= 11 is 0. The van der Waals surface area contributed by atoms with Crippen molar-refractivity contribution in [1.82, 2.24) is 0 Å². The van der Waals surface area contributed by atoms with Crippen molar-refractivity contribution in [2.45, 2.75) is 32.2 Å². The Kier molecular flexibility index (Phi) is 5.32. The number of nitrogens with one attached hydrogen (secondary N) is 1. The number of anilines is 1. The van der Waals surface area contributed by atoms with Gasteiger partial charge >= 0.3 is 5.97 Å².